The Kier molecular flexibility index (Phi) is 6.31. The Morgan fingerprint density at radius 1 is 0.291 bits per heavy atom. The normalized spacial score (nSPS) is 12.0. The Balaban J connectivity index is 1.13. The van der Waals surface area contributed by atoms with Gasteiger partial charge < -0.3 is 4.42 Å². The topological polar surface area (TPSA) is 51.8 Å². The Morgan fingerprint density at radius 3 is 1.38 bits per heavy atom. The van der Waals surface area contributed by atoms with Crippen molar-refractivity contribution >= 4 is 75.6 Å². The van der Waals surface area contributed by atoms with E-state index in [2.05, 4.69) is 140 Å². The number of nitrogens with zero attached hydrogens (tertiary/aromatic N) is 3. The maximum absolute atomic E-state index is 6.18. The number of hydrogen-bond donors (Lipinski definition) is 0. The standard InChI is InChI=1S/C51H29N3O/c1-2-9-34(10-3-1)49-52-50(35-24-19-30(20-25-35)44-29-36-11-4-5-18-43(36)55-44)54-51(53-49)38-27-37-26-23-33-13-7-16-40-39-15-6-12-31-21-22-32-14-8-17-41(47(32)45(31)39)42(28-38)48(37)46(33)40/h1-29H. The van der Waals surface area contributed by atoms with Crippen molar-refractivity contribution in [3.8, 4) is 45.5 Å². The molecule has 0 radical (unpaired) electrons. The highest BCUT2D eigenvalue weighted by Crippen LogP contribution is 2.44. The SMILES string of the molecule is c1ccc(-c2nc(-c3ccc(-c4cc5ccccc5o4)cc3)nc(-c3cc4ccc5cccc6c7cccc8ccc9cccc(c(c3)c4c56)c9c87)n2)cc1. The van der Waals surface area contributed by atoms with E-state index in [0.717, 1.165) is 44.4 Å². The molecule has 2 aromatic heterocycles. The van der Waals surface area contributed by atoms with E-state index in [1.54, 1.807) is 0 Å². The smallest absolute Gasteiger partial charge is 0.164 e. The first kappa shape index (κ1) is 30.1. The highest BCUT2D eigenvalue weighted by molar-refractivity contribution is 6.37. The number of aromatic nitrogens is 3. The van der Waals surface area contributed by atoms with Crippen LogP contribution in [0.25, 0.3) is 121 Å². The van der Waals surface area contributed by atoms with Crippen LogP contribution in [0, 0.1) is 0 Å². The number of benzene rings is 9. The lowest BCUT2D eigenvalue weighted by atomic mass is 9.87. The molecule has 0 spiro atoms. The largest absolute Gasteiger partial charge is 0.456 e. The molecule has 10 aromatic carbocycles. The highest BCUT2D eigenvalue weighted by Gasteiger charge is 2.19. The van der Waals surface area contributed by atoms with Gasteiger partial charge in [-0.25, -0.2) is 15.0 Å². The van der Waals surface area contributed by atoms with E-state index >= 15 is 0 Å². The first-order chi connectivity index (χ1) is 27.2. The van der Waals surface area contributed by atoms with Gasteiger partial charge in [-0.15, -0.1) is 0 Å². The molecule has 2 heterocycles. The van der Waals surface area contributed by atoms with Gasteiger partial charge in [-0.3, -0.25) is 0 Å². The fraction of sp³-hybridized carbons (Fsp3) is 0. The third-order valence-corrected chi connectivity index (χ3v) is 11.2. The van der Waals surface area contributed by atoms with Crippen molar-refractivity contribution in [2.45, 2.75) is 0 Å². The van der Waals surface area contributed by atoms with Crippen LogP contribution in [0.2, 0.25) is 0 Å². The third-order valence-electron chi connectivity index (χ3n) is 11.2. The van der Waals surface area contributed by atoms with E-state index < -0.39 is 0 Å². The molecule has 0 aliphatic heterocycles. The van der Waals surface area contributed by atoms with Crippen LogP contribution in [-0.4, -0.2) is 15.0 Å². The molecule has 0 saturated carbocycles. The quantitative estimate of drug-likeness (QED) is 0.172. The minimum Gasteiger partial charge on any atom is -0.456 e. The lowest BCUT2D eigenvalue weighted by molar-refractivity contribution is 0.631. The molecule has 0 aliphatic rings. The second-order valence-corrected chi connectivity index (χ2v) is 14.4. The van der Waals surface area contributed by atoms with Crippen molar-refractivity contribution in [2.24, 2.45) is 0 Å². The summed E-state index contributed by atoms with van der Waals surface area (Å²) in [6.45, 7) is 0. The van der Waals surface area contributed by atoms with Crippen LogP contribution in [0.4, 0.5) is 0 Å². The summed E-state index contributed by atoms with van der Waals surface area (Å²) in [5.74, 6) is 2.70. The zero-order valence-corrected chi connectivity index (χ0v) is 29.5. The maximum Gasteiger partial charge on any atom is 0.164 e. The number of rotatable bonds is 4. The number of furan rings is 1. The molecular weight excluding hydrogens is 671 g/mol. The van der Waals surface area contributed by atoms with Gasteiger partial charge in [0.25, 0.3) is 0 Å². The van der Waals surface area contributed by atoms with Gasteiger partial charge in [0.2, 0.25) is 0 Å². The van der Waals surface area contributed by atoms with Gasteiger partial charge in [0.05, 0.1) is 0 Å². The first-order valence-corrected chi connectivity index (χ1v) is 18.6. The number of hydrogen-bond acceptors (Lipinski definition) is 4. The predicted molar refractivity (Wildman–Crippen MR) is 228 cm³/mol. The Labute approximate surface area is 315 Å². The third kappa shape index (κ3) is 4.62. The Morgan fingerprint density at radius 2 is 0.764 bits per heavy atom. The molecule has 0 amide bonds. The summed E-state index contributed by atoms with van der Waals surface area (Å²) in [6.07, 6.45) is 0. The molecule has 0 bridgehead atoms. The van der Waals surface area contributed by atoms with Crippen LogP contribution in [0.1, 0.15) is 0 Å². The highest BCUT2D eigenvalue weighted by atomic mass is 16.3. The minimum atomic E-state index is 0.615. The Hall–Kier alpha value is -7.43. The summed E-state index contributed by atoms with van der Waals surface area (Å²) >= 11 is 0. The zero-order valence-electron chi connectivity index (χ0n) is 29.5. The fourth-order valence-corrected chi connectivity index (χ4v) is 8.67. The number of para-hydroxylation sites is 1. The minimum absolute atomic E-state index is 0.615. The predicted octanol–water partition coefficient (Wildman–Crippen LogP) is 13.6. The van der Waals surface area contributed by atoms with Crippen LogP contribution in [0.5, 0.6) is 0 Å². The molecule has 254 valence electrons. The maximum atomic E-state index is 6.18. The monoisotopic (exact) mass is 699 g/mol. The molecule has 0 fully saturated rings. The van der Waals surface area contributed by atoms with Gasteiger partial charge in [-0.05, 0) is 88.9 Å². The average Bonchev–Trinajstić information content (AvgIpc) is 3.69. The second-order valence-electron chi connectivity index (χ2n) is 14.4. The molecule has 4 nitrogen and oxygen atoms in total. The van der Waals surface area contributed by atoms with Gasteiger partial charge >= 0.3 is 0 Å². The molecule has 12 aromatic rings. The van der Waals surface area contributed by atoms with E-state index in [0.29, 0.717) is 17.5 Å². The van der Waals surface area contributed by atoms with Crippen molar-refractivity contribution in [3.05, 3.63) is 176 Å². The molecule has 0 atom stereocenters. The van der Waals surface area contributed by atoms with E-state index in [-0.39, 0.29) is 0 Å². The van der Waals surface area contributed by atoms with Crippen LogP contribution in [-0.2, 0) is 0 Å². The van der Waals surface area contributed by atoms with Crippen molar-refractivity contribution in [3.63, 3.8) is 0 Å². The van der Waals surface area contributed by atoms with Crippen molar-refractivity contribution in [1.82, 2.24) is 15.0 Å². The summed E-state index contributed by atoms with van der Waals surface area (Å²) in [6, 6.07) is 62.3. The molecule has 0 aliphatic carbocycles. The molecule has 0 N–H and O–H groups in total. The molecule has 0 unspecified atom stereocenters. The molecule has 12 rings (SSSR count). The van der Waals surface area contributed by atoms with Crippen molar-refractivity contribution in [2.75, 3.05) is 0 Å². The van der Waals surface area contributed by atoms with Crippen molar-refractivity contribution < 1.29 is 4.42 Å². The van der Waals surface area contributed by atoms with Gasteiger partial charge in [0, 0.05) is 27.6 Å². The van der Waals surface area contributed by atoms with Crippen LogP contribution < -0.4 is 0 Å². The van der Waals surface area contributed by atoms with Crippen LogP contribution in [0.15, 0.2) is 180 Å². The van der Waals surface area contributed by atoms with Crippen LogP contribution in [0.3, 0.4) is 0 Å². The molecular formula is C51H29N3O. The lowest BCUT2D eigenvalue weighted by Gasteiger charge is -2.17. The van der Waals surface area contributed by atoms with E-state index in [1.165, 1.54) is 59.2 Å². The fourth-order valence-electron chi connectivity index (χ4n) is 8.67. The summed E-state index contributed by atoms with van der Waals surface area (Å²) in [5, 5.41) is 15.9. The van der Waals surface area contributed by atoms with Crippen LogP contribution >= 0.6 is 0 Å². The van der Waals surface area contributed by atoms with Crippen molar-refractivity contribution in [1.29, 1.82) is 0 Å². The zero-order chi connectivity index (χ0) is 36.0. The summed E-state index contributed by atoms with van der Waals surface area (Å²) in [4.78, 5) is 15.4. The average molecular weight is 700 g/mol. The van der Waals surface area contributed by atoms with Gasteiger partial charge in [-0.1, -0.05) is 152 Å². The lowest BCUT2D eigenvalue weighted by Crippen LogP contribution is -2.00. The summed E-state index contributed by atoms with van der Waals surface area (Å²) in [7, 11) is 0. The number of fused-ring (bicyclic) bond motifs is 3. The summed E-state index contributed by atoms with van der Waals surface area (Å²) in [5.41, 5.74) is 4.65. The molecule has 0 saturated heterocycles. The van der Waals surface area contributed by atoms with E-state index in [1.807, 2.05) is 36.4 Å². The first-order valence-electron chi connectivity index (χ1n) is 18.6. The molecule has 55 heavy (non-hydrogen) atoms. The molecule has 4 heteroatoms. The Bertz CT molecular complexity index is 3440. The van der Waals surface area contributed by atoms with Gasteiger partial charge in [0.1, 0.15) is 11.3 Å². The van der Waals surface area contributed by atoms with Gasteiger partial charge in [0.15, 0.2) is 17.5 Å². The second kappa shape index (κ2) is 11.5. The van der Waals surface area contributed by atoms with Gasteiger partial charge in [-0.2, -0.15) is 0 Å². The van der Waals surface area contributed by atoms with E-state index in [4.69, 9.17) is 19.4 Å². The summed E-state index contributed by atoms with van der Waals surface area (Å²) < 4.78 is 6.18. The van der Waals surface area contributed by atoms with E-state index in [9.17, 15) is 0 Å².